The number of benzene rings is 1. The standard InChI is InChI=1S/C13H18O4/c1-9(14)12(15)8-11(13(16)17)7-10-5-3-2-4-6-10/h2-6,9,11-12,14-15H,7-8H2,1H3,(H,16,17)/t9-,11?,12+/m0/s1. The Bertz CT molecular complexity index is 348. The van der Waals surface area contributed by atoms with Crippen molar-refractivity contribution in [3.05, 3.63) is 35.9 Å². The molecule has 0 aliphatic heterocycles. The molecule has 1 unspecified atom stereocenters. The van der Waals surface area contributed by atoms with Crippen molar-refractivity contribution in [3.63, 3.8) is 0 Å². The molecule has 3 atom stereocenters. The highest BCUT2D eigenvalue weighted by molar-refractivity contribution is 5.70. The topological polar surface area (TPSA) is 77.8 Å². The number of aliphatic carboxylic acids is 1. The molecule has 0 saturated carbocycles. The van der Waals surface area contributed by atoms with Crippen LogP contribution in [0.3, 0.4) is 0 Å². The number of aliphatic hydroxyl groups is 2. The molecular weight excluding hydrogens is 220 g/mol. The molecule has 0 aromatic heterocycles. The molecule has 0 saturated heterocycles. The van der Waals surface area contributed by atoms with E-state index in [1.807, 2.05) is 30.3 Å². The number of carboxylic acid groups (broad SMARTS) is 1. The Morgan fingerprint density at radius 2 is 1.82 bits per heavy atom. The third-order valence-corrected chi connectivity index (χ3v) is 2.76. The third kappa shape index (κ3) is 4.54. The predicted octanol–water partition coefficient (Wildman–Crippen LogP) is 1.06. The molecule has 0 fully saturated rings. The molecule has 0 radical (unpaired) electrons. The van der Waals surface area contributed by atoms with Crippen molar-refractivity contribution < 1.29 is 20.1 Å². The van der Waals surface area contributed by atoms with Crippen LogP contribution in [0.4, 0.5) is 0 Å². The lowest BCUT2D eigenvalue weighted by atomic mass is 9.92. The van der Waals surface area contributed by atoms with Crippen molar-refractivity contribution in [2.24, 2.45) is 5.92 Å². The zero-order valence-electron chi connectivity index (χ0n) is 9.78. The maximum atomic E-state index is 11.1. The summed E-state index contributed by atoms with van der Waals surface area (Å²) in [5, 5.41) is 27.8. The second-order valence-electron chi connectivity index (χ2n) is 4.27. The Labute approximate surface area is 101 Å². The van der Waals surface area contributed by atoms with Crippen molar-refractivity contribution >= 4 is 5.97 Å². The molecule has 0 bridgehead atoms. The average Bonchev–Trinajstić information content (AvgIpc) is 2.29. The van der Waals surface area contributed by atoms with Crippen LogP contribution in [0.25, 0.3) is 0 Å². The van der Waals surface area contributed by atoms with Crippen LogP contribution < -0.4 is 0 Å². The van der Waals surface area contributed by atoms with Gasteiger partial charge in [0.1, 0.15) is 0 Å². The number of hydrogen-bond donors (Lipinski definition) is 3. The van der Waals surface area contributed by atoms with Gasteiger partial charge in [-0.3, -0.25) is 4.79 Å². The summed E-state index contributed by atoms with van der Waals surface area (Å²) < 4.78 is 0. The monoisotopic (exact) mass is 238 g/mol. The lowest BCUT2D eigenvalue weighted by molar-refractivity contribution is -0.143. The molecule has 0 aliphatic rings. The van der Waals surface area contributed by atoms with E-state index in [1.165, 1.54) is 6.92 Å². The quantitative estimate of drug-likeness (QED) is 0.692. The van der Waals surface area contributed by atoms with Crippen molar-refractivity contribution in [1.82, 2.24) is 0 Å². The van der Waals surface area contributed by atoms with Crippen molar-refractivity contribution in [1.29, 1.82) is 0 Å². The number of aliphatic hydroxyl groups excluding tert-OH is 2. The number of rotatable bonds is 6. The Morgan fingerprint density at radius 3 is 2.29 bits per heavy atom. The number of hydrogen-bond acceptors (Lipinski definition) is 3. The van der Waals surface area contributed by atoms with E-state index in [-0.39, 0.29) is 6.42 Å². The van der Waals surface area contributed by atoms with Gasteiger partial charge >= 0.3 is 5.97 Å². The zero-order chi connectivity index (χ0) is 12.8. The highest BCUT2D eigenvalue weighted by atomic mass is 16.4. The zero-order valence-corrected chi connectivity index (χ0v) is 9.78. The van der Waals surface area contributed by atoms with Gasteiger partial charge in [0, 0.05) is 0 Å². The van der Waals surface area contributed by atoms with Gasteiger partial charge in [-0.05, 0) is 25.3 Å². The van der Waals surface area contributed by atoms with Crippen LogP contribution in [-0.2, 0) is 11.2 Å². The second kappa shape index (κ2) is 6.37. The van der Waals surface area contributed by atoms with Crippen LogP contribution in [0, 0.1) is 5.92 Å². The summed E-state index contributed by atoms with van der Waals surface area (Å²) in [4.78, 5) is 11.1. The van der Waals surface area contributed by atoms with Crippen molar-refractivity contribution in [2.75, 3.05) is 0 Å². The van der Waals surface area contributed by atoms with Gasteiger partial charge in [-0.1, -0.05) is 30.3 Å². The molecule has 1 rings (SSSR count). The molecule has 0 heterocycles. The van der Waals surface area contributed by atoms with Gasteiger partial charge in [-0.2, -0.15) is 0 Å². The Morgan fingerprint density at radius 1 is 1.24 bits per heavy atom. The van der Waals surface area contributed by atoms with Gasteiger partial charge in [0.15, 0.2) is 0 Å². The van der Waals surface area contributed by atoms with Gasteiger partial charge in [0.25, 0.3) is 0 Å². The first-order valence-corrected chi connectivity index (χ1v) is 5.63. The van der Waals surface area contributed by atoms with Gasteiger partial charge in [0.05, 0.1) is 18.1 Å². The van der Waals surface area contributed by atoms with Crippen LogP contribution in [-0.4, -0.2) is 33.5 Å². The summed E-state index contributed by atoms with van der Waals surface area (Å²) in [6.07, 6.45) is -1.49. The molecular formula is C13H18O4. The van der Waals surface area contributed by atoms with Crippen molar-refractivity contribution in [3.8, 4) is 0 Å². The molecule has 1 aromatic rings. The van der Waals surface area contributed by atoms with Gasteiger partial charge < -0.3 is 15.3 Å². The summed E-state index contributed by atoms with van der Waals surface area (Å²) >= 11 is 0. The molecule has 94 valence electrons. The Hall–Kier alpha value is -1.39. The smallest absolute Gasteiger partial charge is 0.306 e. The SMILES string of the molecule is C[C@H](O)[C@H](O)CC(Cc1ccccc1)C(=O)O. The van der Waals surface area contributed by atoms with E-state index >= 15 is 0 Å². The van der Waals surface area contributed by atoms with Crippen LogP contribution in [0.5, 0.6) is 0 Å². The summed E-state index contributed by atoms with van der Waals surface area (Å²) in [6.45, 7) is 1.45. The lowest BCUT2D eigenvalue weighted by Gasteiger charge is -2.18. The van der Waals surface area contributed by atoms with Crippen LogP contribution in [0.2, 0.25) is 0 Å². The maximum absolute atomic E-state index is 11.1. The lowest BCUT2D eigenvalue weighted by Crippen LogP contribution is -2.29. The molecule has 17 heavy (non-hydrogen) atoms. The van der Waals surface area contributed by atoms with E-state index in [1.54, 1.807) is 0 Å². The van der Waals surface area contributed by atoms with Gasteiger partial charge in [-0.15, -0.1) is 0 Å². The first kappa shape index (κ1) is 13.7. The summed E-state index contributed by atoms with van der Waals surface area (Å²) in [5.41, 5.74) is 0.915. The fourth-order valence-corrected chi connectivity index (χ4v) is 1.66. The summed E-state index contributed by atoms with van der Waals surface area (Å²) in [5.74, 6) is -1.63. The van der Waals surface area contributed by atoms with E-state index in [0.717, 1.165) is 5.56 Å². The number of carbonyl (C=O) groups is 1. The second-order valence-corrected chi connectivity index (χ2v) is 4.27. The van der Waals surface area contributed by atoms with E-state index < -0.39 is 24.1 Å². The molecule has 4 heteroatoms. The molecule has 0 spiro atoms. The molecule has 4 nitrogen and oxygen atoms in total. The van der Waals surface area contributed by atoms with E-state index in [9.17, 15) is 15.0 Å². The first-order chi connectivity index (χ1) is 8.00. The van der Waals surface area contributed by atoms with E-state index in [4.69, 9.17) is 5.11 Å². The normalized spacial score (nSPS) is 16.2. The first-order valence-electron chi connectivity index (χ1n) is 5.63. The molecule has 0 aliphatic carbocycles. The minimum Gasteiger partial charge on any atom is -0.481 e. The van der Waals surface area contributed by atoms with E-state index in [2.05, 4.69) is 0 Å². The maximum Gasteiger partial charge on any atom is 0.306 e. The largest absolute Gasteiger partial charge is 0.481 e. The van der Waals surface area contributed by atoms with Crippen LogP contribution in [0.1, 0.15) is 18.9 Å². The third-order valence-electron chi connectivity index (χ3n) is 2.76. The molecule has 3 N–H and O–H groups in total. The minimum atomic E-state index is -1.00. The highest BCUT2D eigenvalue weighted by Crippen LogP contribution is 2.16. The fraction of sp³-hybridized carbons (Fsp3) is 0.462. The Kier molecular flexibility index (Phi) is 5.12. The summed E-state index contributed by atoms with van der Waals surface area (Å²) in [7, 11) is 0. The van der Waals surface area contributed by atoms with E-state index in [0.29, 0.717) is 6.42 Å². The minimum absolute atomic E-state index is 0.0574. The highest BCUT2D eigenvalue weighted by Gasteiger charge is 2.24. The number of carboxylic acids is 1. The summed E-state index contributed by atoms with van der Waals surface area (Å²) in [6, 6.07) is 9.26. The van der Waals surface area contributed by atoms with Gasteiger partial charge in [-0.25, -0.2) is 0 Å². The van der Waals surface area contributed by atoms with Crippen LogP contribution in [0.15, 0.2) is 30.3 Å². The average molecular weight is 238 g/mol. The van der Waals surface area contributed by atoms with Gasteiger partial charge in [0.2, 0.25) is 0 Å². The fourth-order valence-electron chi connectivity index (χ4n) is 1.66. The molecule has 0 amide bonds. The molecule has 1 aromatic carbocycles. The predicted molar refractivity (Wildman–Crippen MR) is 63.6 cm³/mol. The van der Waals surface area contributed by atoms with Crippen molar-refractivity contribution in [2.45, 2.75) is 32.0 Å². The van der Waals surface area contributed by atoms with Crippen LogP contribution >= 0.6 is 0 Å². The Balaban J connectivity index is 2.64.